The number of aromatic nitrogens is 1. The molecule has 0 saturated carbocycles. The number of nitrogens with zero attached hydrogens (tertiary/aromatic N) is 2. The van der Waals surface area contributed by atoms with E-state index in [1.165, 1.54) is 0 Å². The van der Waals surface area contributed by atoms with Crippen molar-refractivity contribution >= 4 is 11.7 Å². The summed E-state index contributed by atoms with van der Waals surface area (Å²) in [7, 11) is 5.41. The largest absolute Gasteiger partial charge is 0.497 e. The van der Waals surface area contributed by atoms with Gasteiger partial charge in [0.15, 0.2) is 0 Å². The monoisotopic (exact) mass is 259 g/mol. The van der Waals surface area contributed by atoms with Crippen molar-refractivity contribution in [2.24, 2.45) is 0 Å². The molecule has 19 heavy (non-hydrogen) atoms. The van der Waals surface area contributed by atoms with E-state index in [0.717, 1.165) is 11.6 Å². The lowest BCUT2D eigenvalue weighted by molar-refractivity contribution is 0.102. The van der Waals surface area contributed by atoms with Gasteiger partial charge in [0.25, 0.3) is 5.91 Å². The predicted molar refractivity (Wildman–Crippen MR) is 75.4 cm³/mol. The summed E-state index contributed by atoms with van der Waals surface area (Å²) in [4.78, 5) is 12.1. The lowest BCUT2D eigenvalue weighted by atomic mass is 10.2. The van der Waals surface area contributed by atoms with E-state index in [4.69, 9.17) is 4.74 Å². The summed E-state index contributed by atoms with van der Waals surface area (Å²) in [6.45, 7) is 0. The van der Waals surface area contributed by atoms with Gasteiger partial charge in [-0.1, -0.05) is 0 Å². The molecule has 0 saturated heterocycles. The topological polar surface area (TPSA) is 46.5 Å². The number of benzene rings is 1. The van der Waals surface area contributed by atoms with Crippen LogP contribution in [0.4, 0.5) is 5.82 Å². The second-order valence-electron chi connectivity index (χ2n) is 4.27. The van der Waals surface area contributed by atoms with Crippen LogP contribution in [0.25, 0.3) is 0 Å². The highest BCUT2D eigenvalue weighted by molar-refractivity contribution is 6.03. The van der Waals surface area contributed by atoms with Gasteiger partial charge in [-0.15, -0.1) is 0 Å². The molecule has 0 aliphatic carbocycles. The highest BCUT2D eigenvalue weighted by atomic mass is 16.5. The maximum Gasteiger partial charge on any atom is 0.256 e. The standard InChI is InChI=1S/C14H17N3O2/c1-16(2)17-10-4-5-13(17)15-14(18)11-6-8-12(19-3)9-7-11/h4-10H,1-3H3,(H,15,18). The van der Waals surface area contributed by atoms with Gasteiger partial charge < -0.3 is 15.1 Å². The summed E-state index contributed by atoms with van der Waals surface area (Å²) in [5, 5.41) is 4.75. The Labute approximate surface area is 112 Å². The molecule has 2 rings (SSSR count). The van der Waals surface area contributed by atoms with Crippen LogP contribution < -0.4 is 15.1 Å². The fourth-order valence-electron chi connectivity index (χ4n) is 1.75. The van der Waals surface area contributed by atoms with Crippen LogP contribution in [0.15, 0.2) is 42.6 Å². The van der Waals surface area contributed by atoms with Gasteiger partial charge in [-0.2, -0.15) is 0 Å². The van der Waals surface area contributed by atoms with E-state index in [2.05, 4.69) is 5.32 Å². The Morgan fingerprint density at radius 2 is 1.89 bits per heavy atom. The number of ether oxygens (including phenoxy) is 1. The van der Waals surface area contributed by atoms with Crippen LogP contribution in [0, 0.1) is 0 Å². The SMILES string of the molecule is COc1ccc(C(=O)Nc2cccn2N(C)C)cc1. The maximum absolute atomic E-state index is 12.1. The number of carbonyl (C=O) groups excluding carboxylic acids is 1. The summed E-state index contributed by atoms with van der Waals surface area (Å²) in [5.41, 5.74) is 0.590. The Balaban J connectivity index is 2.13. The van der Waals surface area contributed by atoms with E-state index in [1.54, 1.807) is 31.4 Å². The van der Waals surface area contributed by atoms with Crippen molar-refractivity contribution in [1.29, 1.82) is 0 Å². The van der Waals surface area contributed by atoms with Gasteiger partial charge in [0, 0.05) is 25.9 Å². The smallest absolute Gasteiger partial charge is 0.256 e. The number of rotatable bonds is 4. The quantitative estimate of drug-likeness (QED) is 0.912. The molecule has 1 heterocycles. The minimum atomic E-state index is -0.149. The molecule has 1 N–H and O–H groups in total. The van der Waals surface area contributed by atoms with Gasteiger partial charge in [-0.25, -0.2) is 4.68 Å². The van der Waals surface area contributed by atoms with Crippen LogP contribution in [-0.2, 0) is 0 Å². The first-order valence-electron chi connectivity index (χ1n) is 5.92. The molecule has 0 bridgehead atoms. The number of hydrogen-bond acceptors (Lipinski definition) is 3. The second kappa shape index (κ2) is 5.48. The van der Waals surface area contributed by atoms with E-state index in [-0.39, 0.29) is 5.91 Å². The van der Waals surface area contributed by atoms with E-state index in [1.807, 2.05) is 42.1 Å². The molecule has 0 atom stereocenters. The molecule has 1 aromatic heterocycles. The summed E-state index contributed by atoms with van der Waals surface area (Å²) in [6.07, 6.45) is 1.88. The zero-order valence-corrected chi connectivity index (χ0v) is 11.3. The zero-order valence-electron chi connectivity index (χ0n) is 11.3. The fourth-order valence-corrected chi connectivity index (χ4v) is 1.75. The highest BCUT2D eigenvalue weighted by Gasteiger charge is 2.09. The average molecular weight is 259 g/mol. The lowest BCUT2D eigenvalue weighted by Gasteiger charge is -2.18. The third kappa shape index (κ3) is 2.88. The third-order valence-electron chi connectivity index (χ3n) is 2.75. The van der Waals surface area contributed by atoms with Crippen molar-refractivity contribution in [3.63, 3.8) is 0 Å². The number of amides is 1. The normalized spacial score (nSPS) is 10.1. The van der Waals surface area contributed by atoms with E-state index in [0.29, 0.717) is 5.56 Å². The van der Waals surface area contributed by atoms with E-state index in [9.17, 15) is 4.79 Å². The molecule has 0 unspecified atom stereocenters. The maximum atomic E-state index is 12.1. The summed E-state index contributed by atoms with van der Waals surface area (Å²) in [5.74, 6) is 1.31. The third-order valence-corrected chi connectivity index (χ3v) is 2.75. The Morgan fingerprint density at radius 1 is 1.21 bits per heavy atom. The molecular weight excluding hydrogens is 242 g/mol. The van der Waals surface area contributed by atoms with Crippen LogP contribution in [0.5, 0.6) is 5.75 Å². The molecule has 1 amide bonds. The van der Waals surface area contributed by atoms with Crippen LogP contribution in [0.1, 0.15) is 10.4 Å². The van der Waals surface area contributed by atoms with Crippen LogP contribution in [0.2, 0.25) is 0 Å². The number of nitrogens with one attached hydrogen (secondary N) is 1. The number of carbonyl (C=O) groups is 1. The molecule has 100 valence electrons. The number of anilines is 1. The summed E-state index contributed by atoms with van der Waals surface area (Å²) >= 11 is 0. The first-order chi connectivity index (χ1) is 9.11. The van der Waals surface area contributed by atoms with Gasteiger partial charge in [0.2, 0.25) is 0 Å². The highest BCUT2D eigenvalue weighted by Crippen LogP contribution is 2.14. The first kappa shape index (κ1) is 13.0. The fraction of sp³-hybridized carbons (Fsp3) is 0.214. The van der Waals surface area contributed by atoms with Gasteiger partial charge >= 0.3 is 0 Å². The first-order valence-corrected chi connectivity index (χ1v) is 5.92. The van der Waals surface area contributed by atoms with Gasteiger partial charge in [0.1, 0.15) is 11.6 Å². The van der Waals surface area contributed by atoms with Gasteiger partial charge in [-0.3, -0.25) is 4.79 Å². The van der Waals surface area contributed by atoms with Crippen LogP contribution in [0.3, 0.4) is 0 Å². The van der Waals surface area contributed by atoms with Crippen LogP contribution >= 0.6 is 0 Å². The zero-order chi connectivity index (χ0) is 13.8. The molecule has 0 fully saturated rings. The lowest BCUT2D eigenvalue weighted by Crippen LogP contribution is -2.27. The average Bonchev–Trinajstić information content (AvgIpc) is 2.87. The Hall–Kier alpha value is -2.43. The van der Waals surface area contributed by atoms with Gasteiger partial charge in [0.05, 0.1) is 7.11 Å². The van der Waals surface area contributed by atoms with Crippen molar-refractivity contribution < 1.29 is 9.53 Å². The summed E-state index contributed by atoms with van der Waals surface area (Å²) in [6, 6.07) is 10.7. The second-order valence-corrected chi connectivity index (χ2v) is 4.27. The van der Waals surface area contributed by atoms with Crippen molar-refractivity contribution in [3.8, 4) is 5.75 Å². The molecule has 0 radical (unpaired) electrons. The molecule has 0 spiro atoms. The molecule has 0 aliphatic heterocycles. The number of methoxy groups -OCH3 is 1. The van der Waals surface area contributed by atoms with E-state index < -0.39 is 0 Å². The van der Waals surface area contributed by atoms with Crippen molar-refractivity contribution in [2.45, 2.75) is 0 Å². The van der Waals surface area contributed by atoms with Crippen molar-refractivity contribution in [2.75, 3.05) is 31.5 Å². The molecule has 5 nitrogen and oxygen atoms in total. The van der Waals surface area contributed by atoms with Crippen molar-refractivity contribution in [3.05, 3.63) is 48.2 Å². The molecular formula is C14H17N3O2. The van der Waals surface area contributed by atoms with E-state index >= 15 is 0 Å². The Bertz CT molecular complexity index is 558. The molecule has 1 aromatic carbocycles. The van der Waals surface area contributed by atoms with Gasteiger partial charge in [-0.05, 0) is 36.4 Å². The Kier molecular flexibility index (Phi) is 3.75. The van der Waals surface area contributed by atoms with Crippen molar-refractivity contribution in [1.82, 2.24) is 4.68 Å². The minimum absolute atomic E-state index is 0.149. The molecule has 5 heteroatoms. The van der Waals surface area contributed by atoms with Crippen LogP contribution in [-0.4, -0.2) is 31.8 Å². The molecule has 0 aliphatic rings. The Morgan fingerprint density at radius 3 is 2.47 bits per heavy atom. The minimum Gasteiger partial charge on any atom is -0.497 e. The summed E-state index contributed by atoms with van der Waals surface area (Å²) < 4.78 is 6.91. The number of hydrogen-bond donors (Lipinski definition) is 1. The molecule has 2 aromatic rings. The predicted octanol–water partition coefficient (Wildman–Crippen LogP) is 1.95.